The van der Waals surface area contributed by atoms with Gasteiger partial charge in [0.2, 0.25) is 5.91 Å². The largest absolute Gasteiger partial charge is 0.393 e. The summed E-state index contributed by atoms with van der Waals surface area (Å²) in [6.45, 7) is 4.13. The van der Waals surface area contributed by atoms with Gasteiger partial charge in [0, 0.05) is 20.1 Å². The van der Waals surface area contributed by atoms with Crippen molar-refractivity contribution in [1.29, 1.82) is 0 Å². The highest BCUT2D eigenvalue weighted by Crippen LogP contribution is 2.27. The molecule has 0 aromatic heterocycles. The van der Waals surface area contributed by atoms with E-state index < -0.39 is 0 Å². The van der Waals surface area contributed by atoms with Crippen LogP contribution in [-0.2, 0) is 4.79 Å². The van der Waals surface area contributed by atoms with Gasteiger partial charge in [-0.05, 0) is 32.7 Å². The summed E-state index contributed by atoms with van der Waals surface area (Å²) < 4.78 is 0. The third-order valence-corrected chi connectivity index (χ3v) is 3.09. The summed E-state index contributed by atoms with van der Waals surface area (Å²) in [6, 6.07) is 0. The Hall–Kier alpha value is -0.610. The number of hydrogen-bond acceptors (Lipinski definition) is 3. The summed E-state index contributed by atoms with van der Waals surface area (Å²) in [6.07, 6.45) is 1.68. The molecule has 0 saturated heterocycles. The average Bonchev–Trinajstić information content (AvgIpc) is 2.14. The van der Waals surface area contributed by atoms with Gasteiger partial charge in [-0.15, -0.1) is 0 Å². The minimum atomic E-state index is -0.0996. The smallest absolute Gasteiger partial charge is 0.236 e. The number of hydrogen-bond donors (Lipinski definition) is 1. The van der Waals surface area contributed by atoms with Gasteiger partial charge in [-0.2, -0.15) is 0 Å². The maximum absolute atomic E-state index is 11.6. The molecule has 0 unspecified atom stereocenters. The molecule has 1 saturated carbocycles. The Labute approximate surface area is 91.9 Å². The molecule has 0 aromatic rings. The molecule has 0 bridgehead atoms. The van der Waals surface area contributed by atoms with Gasteiger partial charge in [0.25, 0.3) is 0 Å². The Bertz CT molecular complexity index is 215. The molecule has 1 amide bonds. The number of aliphatic hydroxyl groups is 1. The quantitative estimate of drug-likeness (QED) is 0.709. The second-order valence-electron chi connectivity index (χ2n) is 4.60. The molecule has 1 aliphatic rings. The van der Waals surface area contributed by atoms with Crippen LogP contribution in [0.2, 0.25) is 0 Å². The van der Waals surface area contributed by atoms with Gasteiger partial charge in [0.15, 0.2) is 0 Å². The standard InChI is InChI=1S/C11H22N2O2/c1-4-13(3)11(15)8-12(2)7-9-5-10(14)6-9/h9-10,14H,4-8H2,1-3H3. The minimum absolute atomic E-state index is 0.0996. The number of amides is 1. The topological polar surface area (TPSA) is 43.8 Å². The Balaban J connectivity index is 2.18. The molecule has 1 aliphatic carbocycles. The van der Waals surface area contributed by atoms with Crippen LogP contribution in [-0.4, -0.2) is 60.6 Å². The summed E-state index contributed by atoms with van der Waals surface area (Å²) in [4.78, 5) is 15.3. The molecule has 88 valence electrons. The maximum atomic E-state index is 11.6. The summed E-state index contributed by atoms with van der Waals surface area (Å²) in [5.41, 5.74) is 0. The fourth-order valence-corrected chi connectivity index (χ4v) is 1.88. The van der Waals surface area contributed by atoms with Crippen LogP contribution in [0.5, 0.6) is 0 Å². The first-order valence-electron chi connectivity index (χ1n) is 5.63. The molecule has 0 aliphatic heterocycles. The van der Waals surface area contributed by atoms with Crippen molar-refractivity contribution in [3.05, 3.63) is 0 Å². The van der Waals surface area contributed by atoms with E-state index in [0.717, 1.165) is 25.9 Å². The van der Waals surface area contributed by atoms with Crippen LogP contribution in [0.15, 0.2) is 0 Å². The number of carbonyl (C=O) groups is 1. The number of aliphatic hydroxyl groups excluding tert-OH is 1. The molecule has 0 atom stereocenters. The van der Waals surface area contributed by atoms with Crippen molar-refractivity contribution in [1.82, 2.24) is 9.80 Å². The fraction of sp³-hybridized carbons (Fsp3) is 0.909. The van der Waals surface area contributed by atoms with E-state index in [-0.39, 0.29) is 12.0 Å². The first kappa shape index (κ1) is 12.5. The summed E-state index contributed by atoms with van der Waals surface area (Å²) >= 11 is 0. The van der Waals surface area contributed by atoms with E-state index in [2.05, 4.69) is 0 Å². The predicted octanol–water partition coefficient (Wildman–Crippen LogP) is 0.167. The lowest BCUT2D eigenvalue weighted by Crippen LogP contribution is -2.41. The van der Waals surface area contributed by atoms with E-state index in [1.807, 2.05) is 25.9 Å². The van der Waals surface area contributed by atoms with Crippen molar-refractivity contribution in [3.63, 3.8) is 0 Å². The second kappa shape index (κ2) is 5.47. The molecule has 1 N–H and O–H groups in total. The Morgan fingerprint density at radius 2 is 2.00 bits per heavy atom. The van der Waals surface area contributed by atoms with Crippen LogP contribution in [0.3, 0.4) is 0 Å². The van der Waals surface area contributed by atoms with E-state index in [1.54, 1.807) is 4.90 Å². The van der Waals surface area contributed by atoms with Gasteiger partial charge in [-0.3, -0.25) is 9.69 Å². The molecular formula is C11H22N2O2. The first-order valence-corrected chi connectivity index (χ1v) is 5.63. The summed E-state index contributed by atoms with van der Waals surface area (Å²) in [7, 11) is 3.79. The van der Waals surface area contributed by atoms with Crippen LogP contribution in [0.4, 0.5) is 0 Å². The zero-order chi connectivity index (χ0) is 11.4. The zero-order valence-electron chi connectivity index (χ0n) is 9.94. The van der Waals surface area contributed by atoms with E-state index in [9.17, 15) is 4.79 Å². The second-order valence-corrected chi connectivity index (χ2v) is 4.60. The average molecular weight is 214 g/mol. The first-order chi connectivity index (χ1) is 7.02. The molecule has 4 heteroatoms. The highest BCUT2D eigenvalue weighted by molar-refractivity contribution is 5.77. The molecule has 15 heavy (non-hydrogen) atoms. The molecule has 1 rings (SSSR count). The van der Waals surface area contributed by atoms with Crippen LogP contribution in [0.25, 0.3) is 0 Å². The van der Waals surface area contributed by atoms with E-state index >= 15 is 0 Å². The normalized spacial score (nSPS) is 25.1. The van der Waals surface area contributed by atoms with Crippen molar-refractivity contribution in [2.75, 3.05) is 33.7 Å². The van der Waals surface area contributed by atoms with Crippen molar-refractivity contribution in [2.24, 2.45) is 5.92 Å². The summed E-state index contributed by atoms with van der Waals surface area (Å²) in [5, 5.41) is 9.15. The highest BCUT2D eigenvalue weighted by Gasteiger charge is 2.28. The molecule has 0 radical (unpaired) electrons. The minimum Gasteiger partial charge on any atom is -0.393 e. The van der Waals surface area contributed by atoms with Gasteiger partial charge < -0.3 is 10.0 Å². The van der Waals surface area contributed by atoms with Crippen molar-refractivity contribution < 1.29 is 9.90 Å². The van der Waals surface area contributed by atoms with Crippen LogP contribution >= 0.6 is 0 Å². The van der Waals surface area contributed by atoms with E-state index in [1.165, 1.54) is 0 Å². The third kappa shape index (κ3) is 3.80. The maximum Gasteiger partial charge on any atom is 0.236 e. The lowest BCUT2D eigenvalue weighted by molar-refractivity contribution is -0.130. The van der Waals surface area contributed by atoms with Gasteiger partial charge in [-0.25, -0.2) is 0 Å². The van der Waals surface area contributed by atoms with Crippen LogP contribution in [0, 0.1) is 5.92 Å². The monoisotopic (exact) mass is 214 g/mol. The number of rotatable bonds is 5. The Morgan fingerprint density at radius 3 is 2.47 bits per heavy atom. The number of carbonyl (C=O) groups excluding carboxylic acids is 1. The van der Waals surface area contributed by atoms with Crippen molar-refractivity contribution >= 4 is 5.91 Å². The molecule has 0 aromatic carbocycles. The molecule has 0 spiro atoms. The highest BCUT2D eigenvalue weighted by atomic mass is 16.3. The van der Waals surface area contributed by atoms with Gasteiger partial charge in [0.05, 0.1) is 12.6 Å². The van der Waals surface area contributed by atoms with Crippen LogP contribution < -0.4 is 0 Å². The Kier molecular flexibility index (Phi) is 4.54. The third-order valence-electron chi connectivity index (χ3n) is 3.09. The van der Waals surface area contributed by atoms with Gasteiger partial charge in [0.1, 0.15) is 0 Å². The van der Waals surface area contributed by atoms with Gasteiger partial charge in [-0.1, -0.05) is 0 Å². The summed E-state index contributed by atoms with van der Waals surface area (Å²) in [5.74, 6) is 0.740. The van der Waals surface area contributed by atoms with Gasteiger partial charge >= 0.3 is 0 Å². The van der Waals surface area contributed by atoms with Crippen molar-refractivity contribution in [3.8, 4) is 0 Å². The van der Waals surface area contributed by atoms with Crippen molar-refractivity contribution in [2.45, 2.75) is 25.9 Å². The Morgan fingerprint density at radius 1 is 1.40 bits per heavy atom. The number of likely N-dealkylation sites (N-methyl/N-ethyl adjacent to an activating group) is 2. The zero-order valence-corrected chi connectivity index (χ0v) is 9.94. The SMILES string of the molecule is CCN(C)C(=O)CN(C)CC1CC(O)C1. The van der Waals surface area contributed by atoms with E-state index in [0.29, 0.717) is 12.5 Å². The lowest BCUT2D eigenvalue weighted by atomic mass is 9.82. The predicted molar refractivity (Wildman–Crippen MR) is 59.5 cm³/mol. The molecule has 0 heterocycles. The lowest BCUT2D eigenvalue weighted by Gasteiger charge is -2.34. The fourth-order valence-electron chi connectivity index (χ4n) is 1.88. The molecule has 1 fully saturated rings. The molecule has 4 nitrogen and oxygen atoms in total. The van der Waals surface area contributed by atoms with Crippen LogP contribution in [0.1, 0.15) is 19.8 Å². The number of nitrogens with zero attached hydrogens (tertiary/aromatic N) is 2. The molecular weight excluding hydrogens is 192 g/mol. The van der Waals surface area contributed by atoms with E-state index in [4.69, 9.17) is 5.11 Å².